The Labute approximate surface area is 243 Å². The highest BCUT2D eigenvalue weighted by molar-refractivity contribution is 6.30. The Balaban J connectivity index is 1.54. The topological polar surface area (TPSA) is 137 Å². The fourth-order valence-corrected chi connectivity index (χ4v) is 4.72. The summed E-state index contributed by atoms with van der Waals surface area (Å²) < 4.78 is 12.6. The summed E-state index contributed by atoms with van der Waals surface area (Å²) in [5.74, 6) is 0.313. The first-order valence-electron chi connectivity index (χ1n) is 13.6. The van der Waals surface area contributed by atoms with E-state index in [4.69, 9.17) is 21.1 Å². The Morgan fingerprint density at radius 3 is 2.49 bits per heavy atom. The van der Waals surface area contributed by atoms with E-state index in [-0.39, 0.29) is 19.6 Å². The van der Waals surface area contributed by atoms with Gasteiger partial charge in [0.15, 0.2) is 5.15 Å². The molecule has 0 aliphatic rings. The molecular weight excluding hydrogens is 546 g/mol. The van der Waals surface area contributed by atoms with Crippen LogP contribution in [0.2, 0.25) is 5.15 Å². The van der Waals surface area contributed by atoms with Gasteiger partial charge in [0.05, 0.1) is 18.7 Å². The van der Waals surface area contributed by atoms with Gasteiger partial charge in [-0.25, -0.2) is 4.98 Å². The van der Waals surface area contributed by atoms with Gasteiger partial charge >= 0.3 is 11.9 Å². The number of imidazole rings is 1. The predicted octanol–water partition coefficient (Wildman–Crippen LogP) is 4.36. The number of H-pyrrole nitrogens is 1. The molecule has 0 radical (unpaired) electrons. The number of likely N-dealkylation sites (N-methyl/N-ethyl adjacent to an activating group) is 1. The highest BCUT2D eigenvalue weighted by Crippen LogP contribution is 2.30. The van der Waals surface area contributed by atoms with Gasteiger partial charge in [0.1, 0.15) is 18.5 Å². The van der Waals surface area contributed by atoms with E-state index in [9.17, 15) is 9.59 Å². The number of hydrogen-bond donors (Lipinski definition) is 2. The zero-order valence-corrected chi connectivity index (χ0v) is 24.1. The third-order valence-electron chi connectivity index (χ3n) is 6.64. The average molecular weight is 580 g/mol. The summed E-state index contributed by atoms with van der Waals surface area (Å²) in [5.41, 5.74) is 4.51. The first-order chi connectivity index (χ1) is 19.9. The van der Waals surface area contributed by atoms with Crippen LogP contribution in [0, 0.1) is 0 Å². The summed E-state index contributed by atoms with van der Waals surface area (Å²) >= 11 is 6.56. The number of nitrogens with zero attached hydrogens (tertiary/aromatic N) is 5. The minimum atomic E-state index is -0.827. The van der Waals surface area contributed by atoms with Gasteiger partial charge in [-0.2, -0.15) is 5.21 Å². The molecule has 12 heteroatoms. The number of aromatic amines is 1. The molecule has 4 rings (SSSR count). The number of carbonyl (C=O) groups excluding carboxylic acids is 2. The first kappa shape index (κ1) is 29.9. The minimum Gasteiger partial charge on any atom is -0.466 e. The van der Waals surface area contributed by atoms with Crippen LogP contribution in [0.15, 0.2) is 48.5 Å². The number of halogens is 1. The van der Waals surface area contributed by atoms with Crippen molar-refractivity contribution in [1.29, 1.82) is 0 Å². The zero-order chi connectivity index (χ0) is 29.2. The molecule has 0 saturated heterocycles. The van der Waals surface area contributed by atoms with Crippen LogP contribution in [0.1, 0.15) is 50.2 Å². The Morgan fingerprint density at radius 1 is 1.07 bits per heavy atom. The lowest BCUT2D eigenvalue weighted by atomic mass is 9.98. The Hall–Kier alpha value is -4.09. The van der Waals surface area contributed by atoms with Crippen LogP contribution in [-0.2, 0) is 38.6 Å². The molecule has 0 unspecified atom stereocenters. The fraction of sp³-hybridized carbons (Fsp3) is 0.379. The molecule has 2 aromatic carbocycles. The van der Waals surface area contributed by atoms with E-state index in [1.807, 2.05) is 53.1 Å². The number of tetrazole rings is 1. The van der Waals surface area contributed by atoms with Crippen molar-refractivity contribution >= 4 is 23.5 Å². The number of esters is 2. The Morgan fingerprint density at radius 2 is 1.83 bits per heavy atom. The third kappa shape index (κ3) is 7.56. The lowest BCUT2D eigenvalue weighted by Crippen LogP contribution is -2.38. The molecule has 0 fully saturated rings. The number of benzene rings is 2. The number of nitrogens with one attached hydrogen (secondary N) is 2. The molecule has 1 atom stereocenters. The highest BCUT2D eigenvalue weighted by Gasteiger charge is 2.24. The van der Waals surface area contributed by atoms with Crippen LogP contribution in [-0.4, -0.2) is 61.8 Å². The van der Waals surface area contributed by atoms with Crippen LogP contribution in [0.25, 0.3) is 22.5 Å². The highest BCUT2D eigenvalue weighted by atomic mass is 35.5. The number of aromatic nitrogens is 6. The zero-order valence-electron chi connectivity index (χ0n) is 23.4. The van der Waals surface area contributed by atoms with Crippen molar-refractivity contribution in [2.75, 3.05) is 13.7 Å². The second-order valence-electron chi connectivity index (χ2n) is 9.39. The molecule has 0 saturated carbocycles. The molecule has 2 N–H and O–H groups in total. The molecule has 0 amide bonds. The second kappa shape index (κ2) is 14.5. The number of aryl methyl sites for hydroxylation is 1. The van der Waals surface area contributed by atoms with E-state index in [0.717, 1.165) is 47.3 Å². The van der Waals surface area contributed by atoms with Crippen molar-refractivity contribution in [3.8, 4) is 22.5 Å². The van der Waals surface area contributed by atoms with Gasteiger partial charge < -0.3 is 19.4 Å². The lowest BCUT2D eigenvalue weighted by molar-refractivity contribution is -0.153. The van der Waals surface area contributed by atoms with Crippen molar-refractivity contribution in [2.24, 2.45) is 0 Å². The molecular formula is C29H34ClN7O4. The van der Waals surface area contributed by atoms with Gasteiger partial charge in [0.2, 0.25) is 5.82 Å². The van der Waals surface area contributed by atoms with Crippen molar-refractivity contribution in [2.45, 2.75) is 58.7 Å². The number of hydrogen-bond acceptors (Lipinski definition) is 9. The van der Waals surface area contributed by atoms with E-state index in [2.05, 4.69) is 37.8 Å². The molecule has 0 aliphatic carbocycles. The quantitative estimate of drug-likeness (QED) is 0.209. The summed E-state index contributed by atoms with van der Waals surface area (Å²) in [6.07, 6.45) is 2.56. The molecule has 2 heterocycles. The second-order valence-corrected chi connectivity index (χ2v) is 9.75. The molecule has 11 nitrogen and oxygen atoms in total. The minimum absolute atomic E-state index is 0.0754. The number of unbranched alkanes of at least 4 members (excludes halogenated alkanes) is 1. The van der Waals surface area contributed by atoms with Crippen molar-refractivity contribution in [3.05, 3.63) is 70.8 Å². The smallest absolute Gasteiger partial charge is 0.324 e. The van der Waals surface area contributed by atoms with Crippen LogP contribution in [0.4, 0.5) is 0 Å². The summed E-state index contributed by atoms with van der Waals surface area (Å²) in [6, 6.07) is 15.3. The van der Waals surface area contributed by atoms with Crippen molar-refractivity contribution < 1.29 is 19.1 Å². The molecule has 216 valence electrons. The van der Waals surface area contributed by atoms with Gasteiger partial charge in [-0.05, 0) is 42.3 Å². The summed E-state index contributed by atoms with van der Waals surface area (Å²) in [5, 5.41) is 17.6. The van der Waals surface area contributed by atoms with Crippen molar-refractivity contribution in [3.63, 3.8) is 0 Å². The fourth-order valence-electron chi connectivity index (χ4n) is 4.46. The van der Waals surface area contributed by atoms with E-state index in [1.54, 1.807) is 14.0 Å². The van der Waals surface area contributed by atoms with E-state index < -0.39 is 18.0 Å². The molecule has 0 bridgehead atoms. The maximum absolute atomic E-state index is 12.8. The lowest BCUT2D eigenvalue weighted by Gasteiger charge is -2.16. The molecule has 0 spiro atoms. The third-order valence-corrected chi connectivity index (χ3v) is 6.94. The summed E-state index contributed by atoms with van der Waals surface area (Å²) in [6.45, 7) is 4.49. The molecule has 4 aromatic rings. The van der Waals surface area contributed by atoms with Crippen LogP contribution in [0.3, 0.4) is 0 Å². The average Bonchev–Trinajstić information content (AvgIpc) is 3.62. The molecule has 41 heavy (non-hydrogen) atoms. The monoisotopic (exact) mass is 579 g/mol. The van der Waals surface area contributed by atoms with Gasteiger partial charge in [-0.1, -0.05) is 73.5 Å². The van der Waals surface area contributed by atoms with Crippen LogP contribution in [0.5, 0.6) is 0 Å². The van der Waals surface area contributed by atoms with Crippen LogP contribution >= 0.6 is 11.6 Å². The maximum atomic E-state index is 12.8. The maximum Gasteiger partial charge on any atom is 0.324 e. The number of carbonyl (C=O) groups is 2. The Kier molecular flexibility index (Phi) is 10.6. The SMILES string of the molecule is CCCCc1nc(Cl)c(COC(=O)[C@H](CC(=O)OCC)NC)n1Cc1ccc(-c2ccccc2-c2nn[nH]n2)cc1. The molecule has 2 aromatic heterocycles. The van der Waals surface area contributed by atoms with Crippen LogP contribution < -0.4 is 5.32 Å². The first-order valence-corrected chi connectivity index (χ1v) is 14.0. The van der Waals surface area contributed by atoms with Gasteiger partial charge in [0, 0.05) is 18.5 Å². The summed E-state index contributed by atoms with van der Waals surface area (Å²) in [4.78, 5) is 29.2. The van der Waals surface area contributed by atoms with Gasteiger partial charge in [0.25, 0.3) is 0 Å². The Bertz CT molecular complexity index is 1440. The van der Waals surface area contributed by atoms with Gasteiger partial charge in [-0.3, -0.25) is 9.59 Å². The normalized spacial score (nSPS) is 11.8. The van der Waals surface area contributed by atoms with E-state index in [1.165, 1.54) is 0 Å². The number of ether oxygens (including phenoxy) is 2. The van der Waals surface area contributed by atoms with E-state index >= 15 is 0 Å². The largest absolute Gasteiger partial charge is 0.466 e. The summed E-state index contributed by atoms with van der Waals surface area (Å²) in [7, 11) is 1.59. The predicted molar refractivity (Wildman–Crippen MR) is 154 cm³/mol. The van der Waals surface area contributed by atoms with Gasteiger partial charge in [-0.15, -0.1) is 10.2 Å². The molecule has 0 aliphatic heterocycles. The van der Waals surface area contributed by atoms with E-state index in [0.29, 0.717) is 23.2 Å². The standard InChI is InChI=1S/C29H34ClN7O4/c1-4-6-11-25-32-27(30)24(18-41-29(39)23(31-3)16-26(38)40-5-2)37(25)17-19-12-14-20(15-13-19)21-9-7-8-10-22(21)28-33-35-36-34-28/h7-10,12-15,23,31H,4-6,11,16-18H2,1-3H3,(H,33,34,35,36)/t23-/m0/s1. The van der Waals surface area contributed by atoms with Crippen molar-refractivity contribution in [1.82, 2.24) is 35.5 Å². The number of rotatable bonds is 14.